The number of hydrogen-bond acceptors (Lipinski definition) is 5. The van der Waals surface area contributed by atoms with E-state index in [0.29, 0.717) is 4.90 Å². The second-order valence-electron chi connectivity index (χ2n) is 3.58. The first-order valence-corrected chi connectivity index (χ1v) is 6.56. The minimum atomic E-state index is -0.590. The number of nitrogens with zero attached hydrogens (tertiary/aromatic N) is 2. The van der Waals surface area contributed by atoms with Gasteiger partial charge in [0.1, 0.15) is 6.04 Å². The number of carbonyl (C=O) groups is 1. The van der Waals surface area contributed by atoms with E-state index in [1.165, 1.54) is 18.2 Å². The fourth-order valence-corrected chi connectivity index (χ4v) is 2.20. The van der Waals surface area contributed by atoms with E-state index in [-0.39, 0.29) is 22.4 Å². The Hall–Kier alpha value is -1.78. The van der Waals surface area contributed by atoms with Gasteiger partial charge in [0.05, 0.1) is 21.6 Å². The third-order valence-corrected chi connectivity index (χ3v) is 3.35. The van der Waals surface area contributed by atoms with E-state index in [9.17, 15) is 14.9 Å². The van der Waals surface area contributed by atoms with Crippen molar-refractivity contribution in [2.24, 2.45) is 0 Å². The number of benzene rings is 1. The van der Waals surface area contributed by atoms with Gasteiger partial charge in [-0.1, -0.05) is 11.6 Å². The Bertz CT molecular complexity index is 544. The molecule has 1 rings (SSSR count). The van der Waals surface area contributed by atoms with Crippen LogP contribution in [0.1, 0.15) is 6.92 Å². The number of nitriles is 1. The van der Waals surface area contributed by atoms with Crippen LogP contribution in [0.15, 0.2) is 23.1 Å². The van der Waals surface area contributed by atoms with Crippen LogP contribution in [0.3, 0.4) is 0 Å². The molecule has 0 aliphatic heterocycles. The highest BCUT2D eigenvalue weighted by atomic mass is 35.5. The zero-order valence-electron chi connectivity index (χ0n) is 9.92. The molecule has 0 radical (unpaired) electrons. The molecule has 19 heavy (non-hydrogen) atoms. The molecular formula is C11H10ClN3O3S. The van der Waals surface area contributed by atoms with Crippen molar-refractivity contribution in [3.8, 4) is 6.07 Å². The molecule has 0 saturated heterocycles. The largest absolute Gasteiger partial charge is 0.340 e. The van der Waals surface area contributed by atoms with Gasteiger partial charge in [0.15, 0.2) is 0 Å². The standard InChI is InChI=1S/C11H10ClN3O3S/c1-7(5-13)14-11(16)6-19-10-3-2-8(12)4-9(10)15(17)18/h2-4,7H,6H2,1H3,(H,14,16)/t7-/m0/s1. The van der Waals surface area contributed by atoms with Crippen LogP contribution in [-0.2, 0) is 4.79 Å². The number of halogens is 1. The van der Waals surface area contributed by atoms with Crippen molar-refractivity contribution >= 4 is 35.0 Å². The summed E-state index contributed by atoms with van der Waals surface area (Å²) in [6.45, 7) is 1.55. The van der Waals surface area contributed by atoms with Crippen molar-refractivity contribution in [3.63, 3.8) is 0 Å². The highest BCUT2D eigenvalue weighted by Gasteiger charge is 2.16. The molecule has 0 fully saturated rings. The SMILES string of the molecule is C[C@@H](C#N)NC(=O)CSc1ccc(Cl)cc1[N+](=O)[O-]. The van der Waals surface area contributed by atoms with Crippen molar-refractivity contribution in [2.75, 3.05) is 5.75 Å². The highest BCUT2D eigenvalue weighted by Crippen LogP contribution is 2.31. The molecule has 0 spiro atoms. The quantitative estimate of drug-likeness (QED) is 0.511. The normalized spacial score (nSPS) is 11.4. The van der Waals surface area contributed by atoms with Crippen molar-refractivity contribution in [1.82, 2.24) is 5.32 Å². The summed E-state index contributed by atoms with van der Waals surface area (Å²) >= 11 is 6.71. The lowest BCUT2D eigenvalue weighted by atomic mass is 10.3. The molecule has 0 bridgehead atoms. The zero-order valence-corrected chi connectivity index (χ0v) is 11.5. The summed E-state index contributed by atoms with van der Waals surface area (Å²) in [5.41, 5.74) is -0.140. The Balaban J connectivity index is 2.71. The van der Waals surface area contributed by atoms with Crippen LogP contribution in [0.5, 0.6) is 0 Å². The molecule has 0 aliphatic rings. The lowest BCUT2D eigenvalue weighted by Crippen LogP contribution is -2.32. The lowest BCUT2D eigenvalue weighted by Gasteiger charge is -2.06. The average molecular weight is 300 g/mol. The lowest BCUT2D eigenvalue weighted by molar-refractivity contribution is -0.387. The fraction of sp³-hybridized carbons (Fsp3) is 0.273. The van der Waals surface area contributed by atoms with Crippen LogP contribution in [0, 0.1) is 21.4 Å². The summed E-state index contributed by atoms with van der Waals surface area (Å²) < 4.78 is 0. The van der Waals surface area contributed by atoms with Gasteiger partial charge >= 0.3 is 0 Å². The van der Waals surface area contributed by atoms with Crippen LogP contribution >= 0.6 is 23.4 Å². The molecule has 100 valence electrons. The van der Waals surface area contributed by atoms with Gasteiger partial charge in [0, 0.05) is 11.1 Å². The summed E-state index contributed by atoms with van der Waals surface area (Å²) in [7, 11) is 0. The molecule has 0 unspecified atom stereocenters. The van der Waals surface area contributed by atoms with E-state index < -0.39 is 11.0 Å². The van der Waals surface area contributed by atoms with Crippen molar-refractivity contribution in [1.29, 1.82) is 5.26 Å². The minimum Gasteiger partial charge on any atom is -0.340 e. The van der Waals surface area contributed by atoms with Crippen molar-refractivity contribution < 1.29 is 9.72 Å². The summed E-state index contributed by atoms with van der Waals surface area (Å²) in [5, 5.41) is 22.1. The first-order chi connectivity index (χ1) is 8.93. The second kappa shape index (κ2) is 6.97. The number of nitrogens with one attached hydrogen (secondary N) is 1. The third-order valence-electron chi connectivity index (χ3n) is 2.05. The molecule has 0 saturated carbocycles. The van der Waals surface area contributed by atoms with Gasteiger partial charge in [-0.05, 0) is 19.1 Å². The second-order valence-corrected chi connectivity index (χ2v) is 5.03. The maximum Gasteiger partial charge on any atom is 0.284 e. The Morgan fingerprint density at radius 3 is 2.95 bits per heavy atom. The Morgan fingerprint density at radius 2 is 2.37 bits per heavy atom. The van der Waals surface area contributed by atoms with E-state index in [4.69, 9.17) is 16.9 Å². The molecule has 1 amide bonds. The number of nitro benzene ring substituents is 1. The van der Waals surface area contributed by atoms with Gasteiger partial charge in [0.2, 0.25) is 5.91 Å². The summed E-state index contributed by atoms with van der Waals surface area (Å²) in [6, 6.07) is 5.52. The van der Waals surface area contributed by atoms with Crippen molar-refractivity contribution in [2.45, 2.75) is 17.9 Å². The molecule has 8 heteroatoms. The van der Waals surface area contributed by atoms with Gasteiger partial charge in [0.25, 0.3) is 5.69 Å². The van der Waals surface area contributed by atoms with Crippen LogP contribution in [-0.4, -0.2) is 22.6 Å². The maximum absolute atomic E-state index is 11.5. The molecule has 1 aromatic rings. The first kappa shape index (κ1) is 15.3. The van der Waals surface area contributed by atoms with Gasteiger partial charge in [-0.2, -0.15) is 5.26 Å². The smallest absolute Gasteiger partial charge is 0.284 e. The summed E-state index contributed by atoms with van der Waals surface area (Å²) in [4.78, 5) is 22.1. The number of thioether (sulfide) groups is 1. The number of carbonyl (C=O) groups excluding carboxylic acids is 1. The number of amides is 1. The van der Waals surface area contributed by atoms with Crippen LogP contribution in [0.2, 0.25) is 5.02 Å². The molecule has 6 nitrogen and oxygen atoms in total. The fourth-order valence-electron chi connectivity index (χ4n) is 1.21. The van der Waals surface area contributed by atoms with Crippen LogP contribution in [0.25, 0.3) is 0 Å². The molecule has 0 aromatic heterocycles. The monoisotopic (exact) mass is 299 g/mol. The average Bonchev–Trinajstić information content (AvgIpc) is 2.36. The van der Waals surface area contributed by atoms with E-state index in [1.54, 1.807) is 6.92 Å². The van der Waals surface area contributed by atoms with E-state index in [2.05, 4.69) is 5.32 Å². The summed E-state index contributed by atoms with van der Waals surface area (Å²) in [5.74, 6) is -0.364. The van der Waals surface area contributed by atoms with Gasteiger partial charge < -0.3 is 5.32 Å². The van der Waals surface area contributed by atoms with Crippen molar-refractivity contribution in [3.05, 3.63) is 33.3 Å². The van der Waals surface area contributed by atoms with E-state index in [0.717, 1.165) is 11.8 Å². The zero-order chi connectivity index (χ0) is 14.4. The van der Waals surface area contributed by atoms with Crippen LogP contribution < -0.4 is 5.32 Å². The molecule has 1 N–H and O–H groups in total. The van der Waals surface area contributed by atoms with E-state index in [1.807, 2.05) is 6.07 Å². The topological polar surface area (TPSA) is 96.0 Å². The number of rotatable bonds is 5. The number of hydrogen-bond donors (Lipinski definition) is 1. The maximum atomic E-state index is 11.5. The summed E-state index contributed by atoms with van der Waals surface area (Å²) in [6.07, 6.45) is 0. The van der Waals surface area contributed by atoms with Crippen LogP contribution in [0.4, 0.5) is 5.69 Å². The Kier molecular flexibility index (Phi) is 5.60. The minimum absolute atomic E-state index is 0.00546. The predicted molar refractivity (Wildman–Crippen MR) is 72.0 cm³/mol. The van der Waals surface area contributed by atoms with Gasteiger partial charge in [-0.25, -0.2) is 0 Å². The Labute approximate surface area is 118 Å². The first-order valence-electron chi connectivity index (χ1n) is 5.19. The highest BCUT2D eigenvalue weighted by molar-refractivity contribution is 8.00. The molecule has 0 aliphatic carbocycles. The predicted octanol–water partition coefficient (Wildman–Crippen LogP) is 2.37. The van der Waals surface area contributed by atoms with Gasteiger partial charge in [-0.15, -0.1) is 11.8 Å². The molecule has 1 atom stereocenters. The molecule has 1 aromatic carbocycles. The third kappa shape index (κ3) is 4.77. The van der Waals surface area contributed by atoms with E-state index >= 15 is 0 Å². The molecular weight excluding hydrogens is 290 g/mol. The Morgan fingerprint density at radius 1 is 1.68 bits per heavy atom. The van der Waals surface area contributed by atoms with Gasteiger partial charge in [-0.3, -0.25) is 14.9 Å². The molecule has 0 heterocycles. The number of nitro groups is 1.